The zero-order valence-electron chi connectivity index (χ0n) is 23.4. The summed E-state index contributed by atoms with van der Waals surface area (Å²) < 4.78 is 20.5. The van der Waals surface area contributed by atoms with Crippen LogP contribution in [0.2, 0.25) is 0 Å². The van der Waals surface area contributed by atoms with Crippen molar-refractivity contribution in [2.75, 3.05) is 50.6 Å². The molecule has 0 bridgehead atoms. The van der Waals surface area contributed by atoms with Crippen molar-refractivity contribution in [2.24, 2.45) is 0 Å². The van der Waals surface area contributed by atoms with E-state index in [2.05, 4.69) is 32.7 Å². The van der Waals surface area contributed by atoms with Gasteiger partial charge in [-0.25, -0.2) is 4.39 Å². The molecule has 0 radical (unpaired) electrons. The molecule has 0 fully saturated rings. The van der Waals surface area contributed by atoms with Gasteiger partial charge in [-0.2, -0.15) is 0 Å². The van der Waals surface area contributed by atoms with E-state index in [1.807, 2.05) is 11.9 Å². The number of benzene rings is 2. The predicted molar refractivity (Wildman–Crippen MR) is 149 cm³/mol. The Labute approximate surface area is 217 Å². The van der Waals surface area contributed by atoms with E-state index in [9.17, 15) is 9.18 Å². The van der Waals surface area contributed by atoms with Gasteiger partial charge >= 0.3 is 0 Å². The SMILES string of the molecule is CC(C)O.CCCCOc1ccc(C(=O)N(C)c2ccc(N(C)CCC(C)N(C)CC)c(F)c2)cc1. The fourth-order valence-corrected chi connectivity index (χ4v) is 3.39. The molecule has 0 aliphatic heterocycles. The second-order valence-corrected chi connectivity index (χ2v) is 9.45. The third-order valence-electron chi connectivity index (χ3n) is 6.04. The number of anilines is 2. The first-order chi connectivity index (χ1) is 17.0. The normalized spacial score (nSPS) is 11.7. The molecule has 0 heterocycles. The molecule has 7 heteroatoms. The molecule has 2 aromatic carbocycles. The zero-order chi connectivity index (χ0) is 27.3. The molecule has 1 amide bonds. The second-order valence-electron chi connectivity index (χ2n) is 9.45. The lowest BCUT2D eigenvalue weighted by molar-refractivity contribution is 0.0993. The number of hydrogen-bond donors (Lipinski definition) is 1. The molecule has 0 saturated carbocycles. The predicted octanol–water partition coefficient (Wildman–Crippen LogP) is 5.83. The van der Waals surface area contributed by atoms with Gasteiger partial charge in [0, 0.05) is 44.0 Å². The minimum Gasteiger partial charge on any atom is -0.494 e. The van der Waals surface area contributed by atoms with Crippen LogP contribution < -0.4 is 14.5 Å². The van der Waals surface area contributed by atoms with Crippen LogP contribution >= 0.6 is 0 Å². The highest BCUT2D eigenvalue weighted by Gasteiger charge is 2.17. The van der Waals surface area contributed by atoms with Crippen molar-refractivity contribution in [3.63, 3.8) is 0 Å². The van der Waals surface area contributed by atoms with Crippen molar-refractivity contribution in [3.8, 4) is 5.75 Å². The van der Waals surface area contributed by atoms with E-state index in [4.69, 9.17) is 9.84 Å². The fourth-order valence-electron chi connectivity index (χ4n) is 3.39. The van der Waals surface area contributed by atoms with Crippen LogP contribution in [0.4, 0.5) is 15.8 Å². The number of ether oxygens (including phenoxy) is 1. The Morgan fingerprint density at radius 3 is 2.17 bits per heavy atom. The van der Waals surface area contributed by atoms with Gasteiger partial charge in [-0.3, -0.25) is 4.79 Å². The maximum atomic E-state index is 14.9. The van der Waals surface area contributed by atoms with Crippen LogP contribution in [0, 0.1) is 5.82 Å². The molecule has 6 nitrogen and oxygen atoms in total. The molecular weight excluding hydrogens is 457 g/mol. The third kappa shape index (κ3) is 10.5. The van der Waals surface area contributed by atoms with E-state index in [0.29, 0.717) is 29.6 Å². The van der Waals surface area contributed by atoms with Gasteiger partial charge in [-0.1, -0.05) is 20.3 Å². The van der Waals surface area contributed by atoms with Crippen LogP contribution in [0.15, 0.2) is 42.5 Å². The number of aliphatic hydroxyl groups is 1. The Bertz CT molecular complexity index is 902. The van der Waals surface area contributed by atoms with Crippen molar-refractivity contribution >= 4 is 17.3 Å². The number of aliphatic hydroxyl groups excluding tert-OH is 1. The summed E-state index contributed by atoms with van der Waals surface area (Å²) in [6.07, 6.45) is 2.84. The Morgan fingerprint density at radius 1 is 1.03 bits per heavy atom. The molecule has 2 aromatic rings. The van der Waals surface area contributed by atoms with Crippen molar-refractivity contribution in [2.45, 2.75) is 66.0 Å². The average molecular weight is 504 g/mol. The maximum Gasteiger partial charge on any atom is 0.258 e. The molecule has 2 rings (SSSR count). The topological polar surface area (TPSA) is 56.3 Å². The Balaban J connectivity index is 0.00000150. The van der Waals surface area contributed by atoms with Gasteiger partial charge < -0.3 is 24.5 Å². The number of amides is 1. The molecule has 1 N–H and O–H groups in total. The summed E-state index contributed by atoms with van der Waals surface area (Å²) in [6.45, 7) is 12.3. The summed E-state index contributed by atoms with van der Waals surface area (Å²) in [5.74, 6) is 0.221. The molecule has 202 valence electrons. The lowest BCUT2D eigenvalue weighted by atomic mass is 10.1. The number of unbranched alkanes of at least 4 members (excludes halogenated alkanes) is 1. The summed E-state index contributed by atoms with van der Waals surface area (Å²) in [7, 11) is 5.66. The Morgan fingerprint density at radius 2 is 1.64 bits per heavy atom. The molecule has 36 heavy (non-hydrogen) atoms. The number of carbonyl (C=O) groups excluding carboxylic acids is 1. The lowest BCUT2D eigenvalue weighted by Crippen LogP contribution is -2.33. The Hall–Kier alpha value is -2.64. The standard InChI is InChI=1S/C26H38FN3O2.C3H8O/c1-7-9-18-32-23-13-10-21(11-14-23)26(31)30(6)22-12-15-25(24(27)19-22)29(5)17-16-20(3)28(4)8-2;1-3(2)4/h10-15,19-20H,7-9,16-18H2,1-6H3;3-4H,1-2H3. The van der Waals surface area contributed by atoms with Crippen LogP contribution in [-0.4, -0.2) is 68.9 Å². The highest BCUT2D eigenvalue weighted by molar-refractivity contribution is 6.05. The summed E-state index contributed by atoms with van der Waals surface area (Å²) in [5, 5.41) is 8.06. The number of halogens is 1. The number of carbonyl (C=O) groups is 1. The molecule has 1 unspecified atom stereocenters. The zero-order valence-corrected chi connectivity index (χ0v) is 23.4. The van der Waals surface area contributed by atoms with Crippen LogP contribution in [0.1, 0.15) is 64.2 Å². The number of nitrogens with zero attached hydrogens (tertiary/aromatic N) is 3. The molecule has 0 aliphatic rings. The van der Waals surface area contributed by atoms with Gasteiger partial charge in [0.15, 0.2) is 0 Å². The quantitative estimate of drug-likeness (QED) is 0.369. The first-order valence-electron chi connectivity index (χ1n) is 12.9. The smallest absolute Gasteiger partial charge is 0.258 e. The summed E-state index contributed by atoms with van der Waals surface area (Å²) >= 11 is 0. The highest BCUT2D eigenvalue weighted by Crippen LogP contribution is 2.25. The van der Waals surface area contributed by atoms with Gasteiger partial charge in [-0.05, 0) is 89.7 Å². The van der Waals surface area contributed by atoms with Crippen LogP contribution in [-0.2, 0) is 0 Å². The Kier molecular flexibility index (Phi) is 14.1. The summed E-state index contributed by atoms with van der Waals surface area (Å²) in [5.41, 5.74) is 1.59. The minimum absolute atomic E-state index is 0.167. The van der Waals surface area contributed by atoms with Crippen molar-refractivity contribution in [1.29, 1.82) is 0 Å². The van der Waals surface area contributed by atoms with E-state index >= 15 is 0 Å². The van der Waals surface area contributed by atoms with E-state index in [1.165, 1.54) is 11.0 Å². The van der Waals surface area contributed by atoms with Crippen LogP contribution in [0.3, 0.4) is 0 Å². The van der Waals surface area contributed by atoms with Gasteiger partial charge in [0.05, 0.1) is 12.3 Å². The minimum atomic E-state index is -0.333. The van der Waals surface area contributed by atoms with Crippen LogP contribution in [0.5, 0.6) is 5.75 Å². The molecule has 0 aromatic heterocycles. The van der Waals surface area contributed by atoms with Crippen molar-refractivity contribution in [1.82, 2.24) is 4.90 Å². The average Bonchev–Trinajstić information content (AvgIpc) is 2.85. The molecule has 0 saturated heterocycles. The molecule has 0 aliphatic carbocycles. The van der Waals surface area contributed by atoms with E-state index < -0.39 is 0 Å². The highest BCUT2D eigenvalue weighted by atomic mass is 19.1. The van der Waals surface area contributed by atoms with Crippen LogP contribution in [0.25, 0.3) is 0 Å². The monoisotopic (exact) mass is 503 g/mol. The van der Waals surface area contributed by atoms with Gasteiger partial charge in [-0.15, -0.1) is 0 Å². The van der Waals surface area contributed by atoms with Gasteiger partial charge in [0.1, 0.15) is 11.6 Å². The first-order valence-corrected chi connectivity index (χ1v) is 12.9. The van der Waals surface area contributed by atoms with Gasteiger partial charge in [0.2, 0.25) is 0 Å². The first kappa shape index (κ1) is 31.4. The fraction of sp³-hybridized carbons (Fsp3) is 0.552. The largest absolute Gasteiger partial charge is 0.494 e. The van der Waals surface area contributed by atoms with E-state index in [-0.39, 0.29) is 17.8 Å². The van der Waals surface area contributed by atoms with Gasteiger partial charge in [0.25, 0.3) is 5.91 Å². The number of rotatable bonds is 12. The maximum absolute atomic E-state index is 14.9. The molecule has 1 atom stereocenters. The third-order valence-corrected chi connectivity index (χ3v) is 6.04. The lowest BCUT2D eigenvalue weighted by Gasteiger charge is -2.27. The van der Waals surface area contributed by atoms with E-state index in [0.717, 1.165) is 38.1 Å². The summed E-state index contributed by atoms with van der Waals surface area (Å²) in [6, 6.07) is 12.5. The van der Waals surface area contributed by atoms with Crippen molar-refractivity contribution < 1.29 is 19.0 Å². The van der Waals surface area contributed by atoms with Crippen molar-refractivity contribution in [3.05, 3.63) is 53.8 Å². The molecule has 0 spiro atoms. The second kappa shape index (κ2) is 16.2. The van der Waals surface area contributed by atoms with E-state index in [1.54, 1.807) is 57.3 Å². The summed E-state index contributed by atoms with van der Waals surface area (Å²) in [4.78, 5) is 18.5. The number of hydrogen-bond acceptors (Lipinski definition) is 5. The molecular formula is C29H46FN3O3.